The number of benzene rings is 3. The van der Waals surface area contributed by atoms with Crippen LogP contribution in [0, 0.1) is 0 Å². The highest BCUT2D eigenvalue weighted by Gasteiger charge is 2.18. The first kappa shape index (κ1) is 27.9. The third-order valence-corrected chi connectivity index (χ3v) is 6.85. The maximum Gasteiger partial charge on any atom is 0.251 e. The minimum Gasteiger partial charge on any atom is -0.494 e. The fourth-order valence-corrected chi connectivity index (χ4v) is 4.63. The normalized spacial score (nSPS) is 11.2. The first-order chi connectivity index (χ1) is 18.7. The molecule has 1 heterocycles. The van der Waals surface area contributed by atoms with Crippen LogP contribution in [0.5, 0.6) is 5.75 Å². The summed E-state index contributed by atoms with van der Waals surface area (Å²) >= 11 is 1.28. The van der Waals surface area contributed by atoms with E-state index in [0.717, 1.165) is 17.0 Å². The van der Waals surface area contributed by atoms with E-state index in [0.29, 0.717) is 28.8 Å². The molecule has 0 aliphatic carbocycles. The molecule has 3 aromatic carbocycles. The quantitative estimate of drug-likeness (QED) is 0.252. The van der Waals surface area contributed by atoms with Crippen molar-refractivity contribution < 1.29 is 14.3 Å². The lowest BCUT2D eigenvalue weighted by molar-refractivity contribution is -0.113. The zero-order valence-electron chi connectivity index (χ0n) is 22.6. The van der Waals surface area contributed by atoms with Crippen molar-refractivity contribution in [1.82, 2.24) is 20.1 Å². The lowest BCUT2D eigenvalue weighted by atomic mass is 9.87. The van der Waals surface area contributed by atoms with E-state index in [1.165, 1.54) is 11.8 Å². The maximum atomic E-state index is 12.8. The van der Waals surface area contributed by atoms with Crippen LogP contribution in [-0.2, 0) is 16.8 Å². The van der Waals surface area contributed by atoms with Gasteiger partial charge in [0.05, 0.1) is 18.9 Å². The average molecular weight is 544 g/mol. The summed E-state index contributed by atoms with van der Waals surface area (Å²) in [5, 5.41) is 15.0. The van der Waals surface area contributed by atoms with Gasteiger partial charge in [-0.15, -0.1) is 10.2 Å². The van der Waals surface area contributed by atoms with E-state index < -0.39 is 0 Å². The summed E-state index contributed by atoms with van der Waals surface area (Å²) in [6.07, 6.45) is 0. The molecule has 9 heteroatoms. The first-order valence-corrected chi connectivity index (χ1v) is 13.8. The monoisotopic (exact) mass is 543 g/mol. The average Bonchev–Trinajstić information content (AvgIpc) is 3.34. The van der Waals surface area contributed by atoms with Gasteiger partial charge in [0, 0.05) is 16.9 Å². The number of carbonyl (C=O) groups is 2. The predicted octanol–water partition coefficient (Wildman–Crippen LogP) is 5.62. The van der Waals surface area contributed by atoms with Crippen molar-refractivity contribution in [2.24, 2.45) is 0 Å². The zero-order chi connectivity index (χ0) is 27.8. The number of nitrogens with one attached hydrogen (secondary N) is 2. The molecule has 0 unspecified atom stereocenters. The van der Waals surface area contributed by atoms with E-state index in [4.69, 9.17) is 4.74 Å². The summed E-state index contributed by atoms with van der Waals surface area (Å²) in [4.78, 5) is 25.5. The minimum atomic E-state index is -0.193. The molecule has 0 fully saturated rings. The van der Waals surface area contributed by atoms with Crippen molar-refractivity contribution in [2.45, 2.75) is 44.8 Å². The molecule has 0 spiro atoms. The molecule has 202 valence electrons. The fraction of sp³-hybridized carbons (Fsp3) is 0.267. The summed E-state index contributed by atoms with van der Waals surface area (Å²) in [5.74, 6) is 1.10. The Kier molecular flexibility index (Phi) is 9.03. The summed E-state index contributed by atoms with van der Waals surface area (Å²) in [7, 11) is 0. The number of hydrogen-bond acceptors (Lipinski definition) is 6. The van der Waals surface area contributed by atoms with Crippen molar-refractivity contribution in [3.8, 4) is 11.4 Å². The standard InChI is InChI=1S/C30H33N5O3S/c1-5-38-25-17-15-23(16-18-25)32-27(36)20-39-29-34-33-26(35(29)24-9-7-6-8-10-24)19-31-28(37)21-11-13-22(14-12-21)30(2,3)4/h6-18H,5,19-20H2,1-4H3,(H,31,37)(H,32,36). The van der Waals surface area contributed by atoms with Gasteiger partial charge in [0.25, 0.3) is 5.91 Å². The highest BCUT2D eigenvalue weighted by Crippen LogP contribution is 2.24. The highest BCUT2D eigenvalue weighted by atomic mass is 32.2. The van der Waals surface area contributed by atoms with Crippen LogP contribution < -0.4 is 15.4 Å². The van der Waals surface area contributed by atoms with Crippen LogP contribution >= 0.6 is 11.8 Å². The summed E-state index contributed by atoms with van der Waals surface area (Å²) < 4.78 is 7.30. The second-order valence-electron chi connectivity index (χ2n) is 9.87. The van der Waals surface area contributed by atoms with Crippen LogP contribution in [0.15, 0.2) is 84.0 Å². The van der Waals surface area contributed by atoms with Crippen molar-refractivity contribution in [2.75, 3.05) is 17.7 Å². The van der Waals surface area contributed by atoms with E-state index >= 15 is 0 Å². The number of aromatic nitrogens is 3. The Hall–Kier alpha value is -4.11. The molecule has 0 atom stereocenters. The van der Waals surface area contributed by atoms with Crippen LogP contribution in [0.1, 0.15) is 49.4 Å². The summed E-state index contributed by atoms with van der Waals surface area (Å²) in [6, 6.07) is 24.5. The predicted molar refractivity (Wildman–Crippen MR) is 155 cm³/mol. The Morgan fingerprint density at radius 1 is 0.923 bits per heavy atom. The topological polar surface area (TPSA) is 98.1 Å². The summed E-state index contributed by atoms with van der Waals surface area (Å²) in [5.41, 5.74) is 3.29. The Bertz CT molecular complexity index is 1400. The van der Waals surface area contributed by atoms with Gasteiger partial charge >= 0.3 is 0 Å². The Balaban J connectivity index is 1.43. The van der Waals surface area contributed by atoms with E-state index in [2.05, 4.69) is 41.6 Å². The van der Waals surface area contributed by atoms with E-state index in [-0.39, 0.29) is 29.5 Å². The Labute approximate surface area is 233 Å². The Morgan fingerprint density at radius 3 is 2.26 bits per heavy atom. The van der Waals surface area contributed by atoms with Gasteiger partial charge in [-0.25, -0.2) is 0 Å². The van der Waals surface area contributed by atoms with Crippen LogP contribution in [0.4, 0.5) is 5.69 Å². The van der Waals surface area contributed by atoms with Crippen LogP contribution in [0.3, 0.4) is 0 Å². The third kappa shape index (κ3) is 7.48. The van der Waals surface area contributed by atoms with Crippen molar-refractivity contribution in [1.29, 1.82) is 0 Å². The third-order valence-electron chi connectivity index (χ3n) is 5.92. The van der Waals surface area contributed by atoms with E-state index in [1.54, 1.807) is 12.1 Å². The largest absolute Gasteiger partial charge is 0.494 e. The second-order valence-corrected chi connectivity index (χ2v) is 10.8. The van der Waals surface area contributed by atoms with Gasteiger partial charge in [-0.3, -0.25) is 14.2 Å². The van der Waals surface area contributed by atoms with Crippen molar-refractivity contribution >= 4 is 29.3 Å². The van der Waals surface area contributed by atoms with Crippen molar-refractivity contribution in [3.05, 3.63) is 95.8 Å². The SMILES string of the molecule is CCOc1ccc(NC(=O)CSc2nnc(CNC(=O)c3ccc(C(C)(C)C)cc3)n2-c2ccccc2)cc1. The minimum absolute atomic E-state index is 0.0142. The number of ether oxygens (including phenoxy) is 1. The van der Waals surface area contributed by atoms with Gasteiger partial charge in [0.15, 0.2) is 11.0 Å². The summed E-state index contributed by atoms with van der Waals surface area (Å²) in [6.45, 7) is 9.10. The smallest absolute Gasteiger partial charge is 0.251 e. The molecule has 4 aromatic rings. The molecule has 0 aliphatic heterocycles. The molecule has 2 N–H and O–H groups in total. The number of anilines is 1. The maximum absolute atomic E-state index is 12.8. The molecule has 0 aliphatic rings. The molecule has 4 rings (SSSR count). The van der Waals surface area contributed by atoms with E-state index in [9.17, 15) is 9.59 Å². The Morgan fingerprint density at radius 2 is 1.62 bits per heavy atom. The van der Waals surface area contributed by atoms with Crippen molar-refractivity contribution in [3.63, 3.8) is 0 Å². The number of carbonyl (C=O) groups excluding carboxylic acids is 2. The van der Waals surface area contributed by atoms with Gasteiger partial charge in [0.2, 0.25) is 5.91 Å². The van der Waals surface area contributed by atoms with Crippen LogP contribution in [0.25, 0.3) is 5.69 Å². The first-order valence-electron chi connectivity index (χ1n) is 12.8. The molecule has 1 aromatic heterocycles. The molecular weight excluding hydrogens is 510 g/mol. The zero-order valence-corrected chi connectivity index (χ0v) is 23.4. The lowest BCUT2D eigenvalue weighted by Crippen LogP contribution is -2.25. The molecule has 2 amide bonds. The van der Waals surface area contributed by atoms with E-state index in [1.807, 2.05) is 78.2 Å². The molecular formula is C30H33N5O3S. The fourth-order valence-electron chi connectivity index (χ4n) is 3.86. The van der Waals surface area contributed by atoms with Crippen LogP contribution in [0.2, 0.25) is 0 Å². The number of amides is 2. The van der Waals surface area contributed by atoms with Gasteiger partial charge in [-0.05, 0) is 66.4 Å². The molecule has 0 saturated heterocycles. The van der Waals surface area contributed by atoms with Gasteiger partial charge in [-0.2, -0.15) is 0 Å². The molecule has 0 radical (unpaired) electrons. The number of rotatable bonds is 10. The molecule has 0 saturated carbocycles. The second kappa shape index (κ2) is 12.6. The van der Waals surface area contributed by atoms with Gasteiger partial charge in [-0.1, -0.05) is 62.9 Å². The molecule has 0 bridgehead atoms. The number of para-hydroxylation sites is 1. The number of thioether (sulfide) groups is 1. The number of hydrogen-bond donors (Lipinski definition) is 2. The van der Waals surface area contributed by atoms with Crippen LogP contribution in [-0.4, -0.2) is 38.9 Å². The molecule has 8 nitrogen and oxygen atoms in total. The number of nitrogens with zero attached hydrogens (tertiary/aromatic N) is 3. The molecule has 39 heavy (non-hydrogen) atoms. The van der Waals surface area contributed by atoms with Gasteiger partial charge < -0.3 is 15.4 Å². The lowest BCUT2D eigenvalue weighted by Gasteiger charge is -2.19. The highest BCUT2D eigenvalue weighted by molar-refractivity contribution is 7.99. The van der Waals surface area contributed by atoms with Gasteiger partial charge in [0.1, 0.15) is 5.75 Å².